The number of amides is 2. The number of carbonyl (C=O) groups is 2. The second-order valence-electron chi connectivity index (χ2n) is 6.73. The Morgan fingerprint density at radius 1 is 1.11 bits per heavy atom. The van der Waals surface area contributed by atoms with E-state index in [1.807, 2.05) is 0 Å². The topological polar surface area (TPSA) is 201 Å². The van der Waals surface area contributed by atoms with Crippen LogP contribution in [0.4, 0.5) is 0 Å². The summed E-state index contributed by atoms with van der Waals surface area (Å²) in [4.78, 5) is 22.8. The van der Waals surface area contributed by atoms with E-state index in [-0.39, 0.29) is 0 Å². The van der Waals surface area contributed by atoms with Crippen molar-refractivity contribution in [2.75, 3.05) is 6.61 Å². The maximum absolute atomic E-state index is 11.4. The summed E-state index contributed by atoms with van der Waals surface area (Å²) in [5, 5.41) is 52.3. The molecule has 0 aromatic rings. The van der Waals surface area contributed by atoms with Gasteiger partial charge in [0.1, 0.15) is 36.6 Å². The molecule has 2 saturated heterocycles. The lowest BCUT2D eigenvalue weighted by molar-refractivity contribution is -0.337. The van der Waals surface area contributed by atoms with E-state index < -0.39 is 79.6 Å². The number of nitrogens with two attached hydrogens (primary N) is 1. The van der Waals surface area contributed by atoms with Crippen LogP contribution in [0.5, 0.6) is 0 Å². The van der Waals surface area contributed by atoms with Gasteiger partial charge >= 0.3 is 0 Å². The minimum Gasteiger partial charge on any atom is -0.394 e. The molecule has 2 rings (SSSR count). The number of ether oxygens (including phenoxy) is 3. The highest BCUT2D eigenvalue weighted by Crippen LogP contribution is 2.30. The molecule has 8 N–H and O–H groups in total. The van der Waals surface area contributed by atoms with Crippen molar-refractivity contribution >= 4 is 11.8 Å². The third-order valence-corrected chi connectivity index (χ3v) is 4.74. The van der Waals surface area contributed by atoms with E-state index in [1.165, 1.54) is 13.8 Å². The third-order valence-electron chi connectivity index (χ3n) is 4.74. The number of nitrogens with one attached hydrogen (secondary N) is 1. The van der Waals surface area contributed by atoms with Crippen LogP contribution in [0.25, 0.3) is 0 Å². The second kappa shape index (κ2) is 8.75. The highest BCUT2D eigenvalue weighted by atomic mass is 16.7. The number of hydrogen-bond donors (Lipinski definition) is 7. The maximum Gasteiger partial charge on any atom is 0.247 e. The van der Waals surface area contributed by atoms with Gasteiger partial charge in [-0.15, -0.1) is 0 Å². The van der Waals surface area contributed by atoms with Crippen molar-refractivity contribution in [3.8, 4) is 0 Å². The standard InChI is InChI=1S/C15H26N2O10/c1-4-8(20)12(14(24)26-11(4)13(16)23)27-15-7(17-5(2)19)10(22)9(21)6(3-18)25-15/h4,6-12,14-15,18,20-22,24H,3H2,1-2H3,(H2,16,23)(H,17,19)/t4-,6+,7+,8-,9+,10+,11-,12+,14-,15-/m0/s1. The highest BCUT2D eigenvalue weighted by Gasteiger charge is 2.51. The normalized spacial score (nSPS) is 45.3. The van der Waals surface area contributed by atoms with E-state index in [4.69, 9.17) is 19.9 Å². The lowest BCUT2D eigenvalue weighted by Gasteiger charge is -2.46. The molecule has 0 spiro atoms. The van der Waals surface area contributed by atoms with Crippen LogP contribution in [0.1, 0.15) is 13.8 Å². The van der Waals surface area contributed by atoms with Crippen LogP contribution < -0.4 is 11.1 Å². The van der Waals surface area contributed by atoms with E-state index in [9.17, 15) is 35.1 Å². The van der Waals surface area contributed by atoms with Crippen molar-refractivity contribution in [1.82, 2.24) is 5.32 Å². The molecule has 12 heteroatoms. The Bertz CT molecular complexity index is 549. The van der Waals surface area contributed by atoms with E-state index in [1.54, 1.807) is 0 Å². The zero-order valence-electron chi connectivity index (χ0n) is 14.8. The zero-order chi connectivity index (χ0) is 20.5. The lowest BCUT2D eigenvalue weighted by atomic mass is 9.90. The molecule has 27 heavy (non-hydrogen) atoms. The van der Waals surface area contributed by atoms with Crippen LogP contribution in [0.15, 0.2) is 0 Å². The molecule has 0 aromatic carbocycles. The average Bonchev–Trinajstić information content (AvgIpc) is 2.60. The largest absolute Gasteiger partial charge is 0.394 e. The Morgan fingerprint density at radius 2 is 1.74 bits per heavy atom. The summed E-state index contributed by atoms with van der Waals surface area (Å²) in [6.45, 7) is 1.98. The Hall–Kier alpha value is -1.38. The Morgan fingerprint density at radius 3 is 2.26 bits per heavy atom. The number of primary amides is 1. The van der Waals surface area contributed by atoms with E-state index in [0.717, 1.165) is 0 Å². The molecule has 10 atom stereocenters. The monoisotopic (exact) mass is 394 g/mol. The summed E-state index contributed by atoms with van der Waals surface area (Å²) in [5.41, 5.74) is 5.17. The van der Waals surface area contributed by atoms with Crippen LogP contribution in [0, 0.1) is 5.92 Å². The molecule has 2 aliphatic heterocycles. The van der Waals surface area contributed by atoms with Crippen molar-refractivity contribution in [2.45, 2.75) is 69.1 Å². The van der Waals surface area contributed by atoms with Crippen molar-refractivity contribution < 1.29 is 49.3 Å². The van der Waals surface area contributed by atoms with Crippen molar-refractivity contribution in [2.24, 2.45) is 11.7 Å². The Kier molecular flexibility index (Phi) is 7.10. The SMILES string of the molecule is CC(=O)N[C@H]1[C@H](O[C@@H]2[C@@H](O)[C@H](C)[C@@H](C(N)=O)O[C@@H]2O)O[C@H](CO)[C@@H](O)[C@@H]1O. The smallest absolute Gasteiger partial charge is 0.247 e. The number of hydrogen-bond acceptors (Lipinski definition) is 10. The molecule has 0 bridgehead atoms. The van der Waals surface area contributed by atoms with Crippen LogP contribution in [-0.2, 0) is 23.8 Å². The fourth-order valence-electron chi connectivity index (χ4n) is 3.21. The van der Waals surface area contributed by atoms with Gasteiger partial charge in [0, 0.05) is 12.8 Å². The Balaban J connectivity index is 2.20. The number of carbonyl (C=O) groups excluding carboxylic acids is 2. The minimum atomic E-state index is -1.76. The van der Waals surface area contributed by atoms with Gasteiger partial charge in [-0.3, -0.25) is 9.59 Å². The van der Waals surface area contributed by atoms with Gasteiger partial charge in [-0.2, -0.15) is 0 Å². The lowest BCUT2D eigenvalue weighted by Crippen LogP contribution is -2.67. The van der Waals surface area contributed by atoms with Gasteiger partial charge in [-0.1, -0.05) is 6.92 Å². The summed E-state index contributed by atoms with van der Waals surface area (Å²) in [5.74, 6) is -2.26. The first kappa shape index (κ1) is 21.9. The molecule has 12 nitrogen and oxygen atoms in total. The first-order valence-corrected chi connectivity index (χ1v) is 8.44. The molecular weight excluding hydrogens is 368 g/mol. The molecule has 0 aromatic heterocycles. The third kappa shape index (κ3) is 4.55. The van der Waals surface area contributed by atoms with Gasteiger partial charge < -0.3 is 50.8 Å². The number of rotatable bonds is 5. The maximum atomic E-state index is 11.4. The van der Waals surface area contributed by atoms with Gasteiger partial charge in [0.2, 0.25) is 11.8 Å². The van der Waals surface area contributed by atoms with E-state index >= 15 is 0 Å². The molecular formula is C15H26N2O10. The summed E-state index contributed by atoms with van der Waals surface area (Å²) in [6.07, 6.45) is -11.6. The predicted octanol–water partition coefficient (Wildman–Crippen LogP) is -4.49. The van der Waals surface area contributed by atoms with E-state index in [2.05, 4.69) is 5.32 Å². The Labute approximate surface area is 154 Å². The minimum absolute atomic E-state index is 0.561. The average molecular weight is 394 g/mol. The highest BCUT2D eigenvalue weighted by molar-refractivity contribution is 5.79. The number of aliphatic hydroxyl groups is 5. The van der Waals surface area contributed by atoms with E-state index in [0.29, 0.717) is 0 Å². The zero-order valence-corrected chi connectivity index (χ0v) is 14.8. The van der Waals surface area contributed by atoms with Gasteiger partial charge in [-0.25, -0.2) is 0 Å². The van der Waals surface area contributed by atoms with Crippen LogP contribution >= 0.6 is 0 Å². The fraction of sp³-hybridized carbons (Fsp3) is 0.867. The summed E-state index contributed by atoms with van der Waals surface area (Å²) in [7, 11) is 0. The molecule has 2 aliphatic rings. The van der Waals surface area contributed by atoms with Gasteiger partial charge in [0.05, 0.1) is 12.7 Å². The van der Waals surface area contributed by atoms with Crippen LogP contribution in [0.3, 0.4) is 0 Å². The predicted molar refractivity (Wildman–Crippen MR) is 85.5 cm³/mol. The summed E-state index contributed by atoms with van der Waals surface area (Å²) in [6, 6.07) is -1.26. The summed E-state index contributed by atoms with van der Waals surface area (Å²) >= 11 is 0. The molecule has 2 fully saturated rings. The molecule has 156 valence electrons. The van der Waals surface area contributed by atoms with Crippen molar-refractivity contribution in [3.63, 3.8) is 0 Å². The van der Waals surface area contributed by atoms with Crippen molar-refractivity contribution in [1.29, 1.82) is 0 Å². The number of aliphatic hydroxyl groups excluding tert-OH is 5. The molecule has 2 heterocycles. The molecule has 0 saturated carbocycles. The van der Waals surface area contributed by atoms with Crippen LogP contribution in [0.2, 0.25) is 0 Å². The molecule has 0 radical (unpaired) electrons. The fourth-order valence-corrected chi connectivity index (χ4v) is 3.21. The van der Waals surface area contributed by atoms with Crippen LogP contribution in [-0.4, -0.2) is 99.2 Å². The molecule has 0 unspecified atom stereocenters. The first-order chi connectivity index (χ1) is 12.6. The first-order valence-electron chi connectivity index (χ1n) is 8.44. The quantitative estimate of drug-likeness (QED) is 0.238. The second-order valence-corrected chi connectivity index (χ2v) is 6.73. The summed E-state index contributed by atoms with van der Waals surface area (Å²) < 4.78 is 16.0. The molecule has 2 amide bonds. The molecule has 0 aliphatic carbocycles. The van der Waals surface area contributed by atoms with Gasteiger partial charge in [0.15, 0.2) is 12.6 Å². The van der Waals surface area contributed by atoms with Crippen molar-refractivity contribution in [3.05, 3.63) is 0 Å². The van der Waals surface area contributed by atoms with Gasteiger partial charge in [0.25, 0.3) is 0 Å². The van der Waals surface area contributed by atoms with Gasteiger partial charge in [-0.05, 0) is 0 Å².